The highest BCUT2D eigenvalue weighted by atomic mass is 16.5. The Morgan fingerprint density at radius 2 is 1.62 bits per heavy atom. The number of ether oxygens (including phenoxy) is 2. The Kier molecular flexibility index (Phi) is 12.2. The largest absolute Gasteiger partial charge is 0.493 e. The number of aromatic carboxylic acids is 1. The fourth-order valence-electron chi connectivity index (χ4n) is 3.10. The fraction of sp³-hybridized carbons (Fsp3) is 0.591. The number of carboxylic acid groups (broad SMARTS) is 1. The van der Waals surface area contributed by atoms with Crippen LogP contribution in [0.2, 0.25) is 0 Å². The SMILES string of the molecule is CCCCCCCCCCCC(=O)N/N=C/c1ccc(OC)c(OC)c1C(=O)O. The van der Waals surface area contributed by atoms with Gasteiger partial charge in [0.25, 0.3) is 0 Å². The first-order valence-corrected chi connectivity index (χ1v) is 10.3. The van der Waals surface area contributed by atoms with Gasteiger partial charge in [0, 0.05) is 12.0 Å². The topological polar surface area (TPSA) is 97.2 Å². The number of hydrogen-bond acceptors (Lipinski definition) is 5. The number of nitrogens with one attached hydrogen (secondary N) is 1. The van der Waals surface area contributed by atoms with Gasteiger partial charge >= 0.3 is 5.97 Å². The maximum atomic E-state index is 11.9. The van der Waals surface area contributed by atoms with Gasteiger partial charge in [0.05, 0.1) is 20.4 Å². The Balaban J connectivity index is 2.41. The first-order valence-electron chi connectivity index (χ1n) is 10.3. The third-order valence-corrected chi connectivity index (χ3v) is 4.69. The van der Waals surface area contributed by atoms with Gasteiger partial charge in [-0.2, -0.15) is 5.10 Å². The van der Waals surface area contributed by atoms with Crippen molar-refractivity contribution in [3.05, 3.63) is 23.3 Å². The van der Waals surface area contributed by atoms with Crippen molar-refractivity contribution in [2.24, 2.45) is 5.10 Å². The molecule has 0 aliphatic heterocycles. The second kappa shape index (κ2) is 14.4. The zero-order valence-electron chi connectivity index (χ0n) is 17.8. The van der Waals surface area contributed by atoms with E-state index in [1.54, 1.807) is 12.1 Å². The molecule has 7 nitrogen and oxygen atoms in total. The van der Waals surface area contributed by atoms with Gasteiger partial charge in [0.1, 0.15) is 5.56 Å². The van der Waals surface area contributed by atoms with Crippen LogP contribution in [0.1, 0.15) is 87.1 Å². The number of benzene rings is 1. The summed E-state index contributed by atoms with van der Waals surface area (Å²) in [7, 11) is 2.81. The van der Waals surface area contributed by atoms with Gasteiger partial charge in [-0.15, -0.1) is 0 Å². The molecule has 1 amide bonds. The number of rotatable bonds is 15. The highest BCUT2D eigenvalue weighted by Crippen LogP contribution is 2.32. The molecule has 0 saturated heterocycles. The average molecular weight is 407 g/mol. The normalized spacial score (nSPS) is 10.9. The second-order valence-electron chi connectivity index (χ2n) is 6.94. The summed E-state index contributed by atoms with van der Waals surface area (Å²) < 4.78 is 10.3. The average Bonchev–Trinajstić information content (AvgIpc) is 2.71. The molecule has 0 bridgehead atoms. The molecule has 0 heterocycles. The van der Waals surface area contributed by atoms with Gasteiger partial charge in [-0.1, -0.05) is 58.3 Å². The number of nitrogens with zero attached hydrogens (tertiary/aromatic N) is 1. The van der Waals surface area contributed by atoms with E-state index in [2.05, 4.69) is 17.5 Å². The summed E-state index contributed by atoms with van der Waals surface area (Å²) in [5.41, 5.74) is 2.71. The summed E-state index contributed by atoms with van der Waals surface area (Å²) in [6, 6.07) is 3.15. The fourth-order valence-corrected chi connectivity index (χ4v) is 3.10. The van der Waals surface area contributed by atoms with E-state index >= 15 is 0 Å². The van der Waals surface area contributed by atoms with E-state index in [1.165, 1.54) is 59.0 Å². The van der Waals surface area contributed by atoms with E-state index in [1.807, 2.05) is 0 Å². The lowest BCUT2D eigenvalue weighted by Crippen LogP contribution is -2.17. The lowest BCUT2D eigenvalue weighted by atomic mass is 10.1. The van der Waals surface area contributed by atoms with Gasteiger partial charge in [-0.25, -0.2) is 10.2 Å². The van der Waals surface area contributed by atoms with Crippen LogP contribution in [0.4, 0.5) is 0 Å². The van der Waals surface area contributed by atoms with Gasteiger partial charge in [0.2, 0.25) is 5.91 Å². The van der Waals surface area contributed by atoms with Crippen LogP contribution in [0, 0.1) is 0 Å². The number of carbonyl (C=O) groups excluding carboxylic acids is 1. The van der Waals surface area contributed by atoms with Crippen LogP contribution < -0.4 is 14.9 Å². The van der Waals surface area contributed by atoms with Gasteiger partial charge in [-0.05, 0) is 18.6 Å². The molecule has 0 unspecified atom stereocenters. The van der Waals surface area contributed by atoms with Crippen molar-refractivity contribution in [1.29, 1.82) is 0 Å². The summed E-state index contributed by atoms with van der Waals surface area (Å²) >= 11 is 0. The monoisotopic (exact) mass is 406 g/mol. The van der Waals surface area contributed by atoms with E-state index in [0.717, 1.165) is 19.3 Å². The first-order chi connectivity index (χ1) is 14.0. The van der Waals surface area contributed by atoms with Crippen molar-refractivity contribution in [3.8, 4) is 11.5 Å². The molecule has 0 spiro atoms. The molecule has 29 heavy (non-hydrogen) atoms. The highest BCUT2D eigenvalue weighted by molar-refractivity contribution is 6.02. The van der Waals surface area contributed by atoms with Crippen LogP contribution in [0.5, 0.6) is 11.5 Å². The van der Waals surface area contributed by atoms with Crippen molar-refractivity contribution in [2.45, 2.75) is 71.1 Å². The van der Waals surface area contributed by atoms with Crippen molar-refractivity contribution < 1.29 is 24.2 Å². The Morgan fingerprint density at radius 1 is 1.00 bits per heavy atom. The number of carboxylic acids is 1. The van der Waals surface area contributed by atoms with E-state index in [9.17, 15) is 14.7 Å². The third-order valence-electron chi connectivity index (χ3n) is 4.69. The minimum absolute atomic E-state index is 0.0659. The van der Waals surface area contributed by atoms with E-state index in [0.29, 0.717) is 17.7 Å². The highest BCUT2D eigenvalue weighted by Gasteiger charge is 2.20. The van der Waals surface area contributed by atoms with Crippen molar-refractivity contribution in [3.63, 3.8) is 0 Å². The van der Waals surface area contributed by atoms with Crippen LogP contribution in [-0.2, 0) is 4.79 Å². The smallest absolute Gasteiger partial charge is 0.340 e. The Labute approximate surface area is 173 Å². The predicted molar refractivity (Wildman–Crippen MR) is 114 cm³/mol. The zero-order chi connectivity index (χ0) is 21.5. The molecule has 2 N–H and O–H groups in total. The molecular weight excluding hydrogens is 372 g/mol. The van der Waals surface area contributed by atoms with Gasteiger partial charge < -0.3 is 14.6 Å². The van der Waals surface area contributed by atoms with Crippen LogP contribution in [0.25, 0.3) is 0 Å². The molecular formula is C22H34N2O5. The summed E-state index contributed by atoms with van der Waals surface area (Å²) in [5.74, 6) is -0.911. The number of hydrogen-bond donors (Lipinski definition) is 2. The number of unbranched alkanes of at least 4 members (excludes halogenated alkanes) is 8. The number of hydrazone groups is 1. The quantitative estimate of drug-likeness (QED) is 0.248. The Morgan fingerprint density at radius 3 is 2.17 bits per heavy atom. The summed E-state index contributed by atoms with van der Waals surface area (Å²) in [4.78, 5) is 23.5. The standard InChI is InChI=1S/C22H34N2O5/c1-4-5-6-7-8-9-10-11-12-13-19(25)24-23-16-17-14-15-18(28-2)21(29-3)20(17)22(26)27/h14-16H,4-13H2,1-3H3,(H,24,25)(H,26,27)/b23-16+. The lowest BCUT2D eigenvalue weighted by Gasteiger charge is -2.12. The second-order valence-corrected chi connectivity index (χ2v) is 6.94. The third kappa shape index (κ3) is 8.98. The molecule has 7 heteroatoms. The minimum Gasteiger partial charge on any atom is -0.493 e. The van der Waals surface area contributed by atoms with Gasteiger partial charge in [-0.3, -0.25) is 4.79 Å². The minimum atomic E-state index is -1.16. The maximum Gasteiger partial charge on any atom is 0.340 e. The predicted octanol–water partition coefficient (Wildman–Crippen LogP) is 4.77. The van der Waals surface area contributed by atoms with Crippen LogP contribution >= 0.6 is 0 Å². The van der Waals surface area contributed by atoms with Gasteiger partial charge in [0.15, 0.2) is 11.5 Å². The summed E-state index contributed by atoms with van der Waals surface area (Å²) in [5, 5.41) is 13.4. The summed E-state index contributed by atoms with van der Waals surface area (Å²) in [6.45, 7) is 2.22. The molecule has 1 aromatic rings. The van der Waals surface area contributed by atoms with E-state index < -0.39 is 5.97 Å². The number of carbonyl (C=O) groups is 2. The molecule has 0 fully saturated rings. The zero-order valence-corrected chi connectivity index (χ0v) is 17.8. The molecule has 0 aliphatic carbocycles. The van der Waals surface area contributed by atoms with Crippen LogP contribution in [0.3, 0.4) is 0 Å². The molecule has 162 valence electrons. The number of amides is 1. The Hall–Kier alpha value is -2.57. The first kappa shape index (κ1) is 24.5. The van der Waals surface area contributed by atoms with Crippen molar-refractivity contribution in [2.75, 3.05) is 14.2 Å². The molecule has 0 aromatic heterocycles. The van der Waals surface area contributed by atoms with E-state index in [4.69, 9.17) is 9.47 Å². The molecule has 0 saturated carbocycles. The van der Waals surface area contributed by atoms with Crippen molar-refractivity contribution >= 4 is 18.1 Å². The van der Waals surface area contributed by atoms with Crippen LogP contribution in [-0.4, -0.2) is 37.4 Å². The molecule has 0 aliphatic rings. The molecule has 1 aromatic carbocycles. The van der Waals surface area contributed by atoms with Crippen molar-refractivity contribution in [1.82, 2.24) is 5.43 Å². The maximum absolute atomic E-state index is 11.9. The number of methoxy groups -OCH3 is 2. The molecule has 0 radical (unpaired) electrons. The summed E-state index contributed by atoms with van der Waals surface area (Å²) in [6.07, 6.45) is 12.4. The molecule has 1 rings (SSSR count). The Bertz CT molecular complexity index is 673. The molecule has 0 atom stereocenters. The van der Waals surface area contributed by atoms with E-state index in [-0.39, 0.29) is 17.2 Å². The lowest BCUT2D eigenvalue weighted by molar-refractivity contribution is -0.121. The van der Waals surface area contributed by atoms with Crippen LogP contribution in [0.15, 0.2) is 17.2 Å².